The predicted octanol–water partition coefficient (Wildman–Crippen LogP) is 10.1. The highest BCUT2D eigenvalue weighted by atomic mass is 16.5. The first-order valence-corrected chi connectivity index (χ1v) is 16.8. The number of hydrogen-bond donors (Lipinski definition) is 0. The lowest BCUT2D eigenvalue weighted by molar-refractivity contribution is 0.162. The molecule has 1 aliphatic heterocycles. The first kappa shape index (κ1) is 31.9. The Bertz CT molecular complexity index is 1930. The highest BCUT2D eigenvalue weighted by Crippen LogP contribution is 2.45. The van der Waals surface area contributed by atoms with E-state index in [1.165, 1.54) is 0 Å². The van der Waals surface area contributed by atoms with E-state index < -0.39 is 0 Å². The average Bonchev–Trinajstić information content (AvgIpc) is 3.16. The van der Waals surface area contributed by atoms with E-state index in [-0.39, 0.29) is 12.0 Å². The van der Waals surface area contributed by atoms with Crippen LogP contribution in [0.4, 0.5) is 0 Å². The molecule has 49 heavy (non-hydrogen) atoms. The van der Waals surface area contributed by atoms with E-state index in [0.717, 1.165) is 51.3 Å². The molecule has 0 aliphatic carbocycles. The molecule has 0 amide bonds. The first-order valence-electron chi connectivity index (χ1n) is 16.8. The minimum atomic E-state index is -0.100. The van der Waals surface area contributed by atoms with Gasteiger partial charge in [-0.1, -0.05) is 127 Å². The average molecular weight is 649 g/mol. The molecule has 0 radical (unpaired) electrons. The maximum atomic E-state index is 6.66. The van der Waals surface area contributed by atoms with Crippen LogP contribution in [0.15, 0.2) is 152 Å². The maximum absolute atomic E-state index is 6.66. The summed E-state index contributed by atoms with van der Waals surface area (Å²) in [5.74, 6) is 3.75. The zero-order chi connectivity index (χ0) is 33.3. The van der Waals surface area contributed by atoms with Gasteiger partial charge in [-0.25, -0.2) is 0 Å². The van der Waals surface area contributed by atoms with Crippen molar-refractivity contribution in [3.05, 3.63) is 185 Å². The second-order valence-electron chi connectivity index (χ2n) is 12.3. The van der Waals surface area contributed by atoms with Crippen molar-refractivity contribution >= 4 is 0 Å². The molecule has 0 spiro atoms. The van der Waals surface area contributed by atoms with Crippen LogP contribution in [-0.4, -0.2) is 6.10 Å². The molecule has 0 N–H and O–H groups in total. The molecule has 7 rings (SSSR count). The van der Waals surface area contributed by atoms with Gasteiger partial charge >= 0.3 is 0 Å². The van der Waals surface area contributed by atoms with Gasteiger partial charge in [0.2, 0.25) is 0 Å². The molecule has 0 saturated heterocycles. The van der Waals surface area contributed by atoms with Crippen LogP contribution in [0, 0.1) is 0 Å². The van der Waals surface area contributed by atoms with Crippen molar-refractivity contribution in [1.29, 1.82) is 0 Å². The van der Waals surface area contributed by atoms with E-state index >= 15 is 0 Å². The van der Waals surface area contributed by atoms with Crippen molar-refractivity contribution in [3.8, 4) is 28.7 Å². The topological polar surface area (TPSA) is 46.2 Å². The van der Waals surface area contributed by atoms with Crippen LogP contribution in [0.1, 0.15) is 46.2 Å². The lowest BCUT2D eigenvalue weighted by Gasteiger charge is -2.33. The molecule has 1 heterocycles. The summed E-state index contributed by atoms with van der Waals surface area (Å²) in [6, 6.07) is 51.0. The molecule has 0 fully saturated rings. The van der Waals surface area contributed by atoms with Gasteiger partial charge in [0, 0.05) is 23.6 Å². The van der Waals surface area contributed by atoms with Gasteiger partial charge < -0.3 is 23.7 Å². The summed E-state index contributed by atoms with van der Waals surface area (Å²) < 4.78 is 32.2. The smallest absolute Gasteiger partial charge is 0.161 e. The van der Waals surface area contributed by atoms with Gasteiger partial charge in [0.05, 0.1) is 0 Å². The van der Waals surface area contributed by atoms with Crippen LogP contribution in [0.5, 0.6) is 28.7 Å². The minimum Gasteiger partial charge on any atom is -0.490 e. The SMILES string of the molecule is C[C@@H]1Oc2cc(OCc3ccccc3)cc(OCc3ccccc3)c2C[C@H]1c1ccc(OCc2ccccc2)c(OCc2ccccc2)c1. The molecular formula is C44H40O5. The van der Waals surface area contributed by atoms with Crippen LogP contribution >= 0.6 is 0 Å². The summed E-state index contributed by atoms with van der Waals surface area (Å²) in [6.45, 7) is 3.92. The fourth-order valence-electron chi connectivity index (χ4n) is 6.11. The molecule has 6 aromatic rings. The molecule has 0 saturated carbocycles. The third-order valence-electron chi connectivity index (χ3n) is 8.80. The van der Waals surface area contributed by atoms with Crippen molar-refractivity contribution < 1.29 is 23.7 Å². The van der Waals surface area contributed by atoms with E-state index in [2.05, 4.69) is 67.6 Å². The monoisotopic (exact) mass is 648 g/mol. The van der Waals surface area contributed by atoms with Crippen molar-refractivity contribution in [2.75, 3.05) is 0 Å². The van der Waals surface area contributed by atoms with E-state index in [1.807, 2.05) is 91.0 Å². The van der Waals surface area contributed by atoms with Gasteiger partial charge in [-0.05, 0) is 53.3 Å². The fraction of sp³-hybridized carbons (Fsp3) is 0.182. The van der Waals surface area contributed by atoms with Gasteiger partial charge in [0.15, 0.2) is 11.5 Å². The van der Waals surface area contributed by atoms with Crippen molar-refractivity contribution in [2.24, 2.45) is 0 Å². The van der Waals surface area contributed by atoms with E-state index in [1.54, 1.807) is 0 Å². The van der Waals surface area contributed by atoms with Gasteiger partial charge in [0.25, 0.3) is 0 Å². The Morgan fingerprint density at radius 3 is 1.49 bits per heavy atom. The molecule has 6 aromatic carbocycles. The highest BCUT2D eigenvalue weighted by molar-refractivity contribution is 5.54. The minimum absolute atomic E-state index is 0.0601. The number of hydrogen-bond acceptors (Lipinski definition) is 5. The largest absolute Gasteiger partial charge is 0.490 e. The Kier molecular flexibility index (Phi) is 10.1. The second-order valence-corrected chi connectivity index (χ2v) is 12.3. The highest BCUT2D eigenvalue weighted by Gasteiger charge is 2.32. The zero-order valence-electron chi connectivity index (χ0n) is 27.7. The van der Waals surface area contributed by atoms with Crippen LogP contribution in [0.3, 0.4) is 0 Å². The summed E-state index contributed by atoms with van der Waals surface area (Å²) in [4.78, 5) is 0. The van der Waals surface area contributed by atoms with Gasteiger partial charge in [-0.15, -0.1) is 0 Å². The number of fused-ring (bicyclic) bond motifs is 1. The quantitative estimate of drug-likeness (QED) is 0.125. The molecule has 2 atom stereocenters. The van der Waals surface area contributed by atoms with Crippen LogP contribution < -0.4 is 23.7 Å². The van der Waals surface area contributed by atoms with Crippen molar-refractivity contribution in [1.82, 2.24) is 0 Å². The van der Waals surface area contributed by atoms with Crippen LogP contribution in [0.2, 0.25) is 0 Å². The fourth-order valence-corrected chi connectivity index (χ4v) is 6.11. The Morgan fingerprint density at radius 1 is 0.490 bits per heavy atom. The Morgan fingerprint density at radius 2 is 0.959 bits per heavy atom. The summed E-state index contributed by atoms with van der Waals surface area (Å²) in [7, 11) is 0. The van der Waals surface area contributed by atoms with Gasteiger partial charge in [0.1, 0.15) is 49.8 Å². The van der Waals surface area contributed by atoms with Crippen LogP contribution in [0.25, 0.3) is 0 Å². The first-order chi connectivity index (χ1) is 24.2. The molecule has 0 unspecified atom stereocenters. The molecule has 0 aromatic heterocycles. The lowest BCUT2D eigenvalue weighted by Crippen LogP contribution is -2.29. The van der Waals surface area contributed by atoms with E-state index in [9.17, 15) is 0 Å². The molecule has 1 aliphatic rings. The van der Waals surface area contributed by atoms with Crippen LogP contribution in [-0.2, 0) is 32.8 Å². The van der Waals surface area contributed by atoms with Crippen molar-refractivity contribution in [2.45, 2.75) is 51.8 Å². The summed E-state index contributed by atoms with van der Waals surface area (Å²) in [6.07, 6.45) is 0.638. The Labute approximate surface area is 288 Å². The number of benzene rings is 6. The van der Waals surface area contributed by atoms with Gasteiger partial charge in [-0.2, -0.15) is 0 Å². The molecule has 0 bridgehead atoms. The predicted molar refractivity (Wildman–Crippen MR) is 193 cm³/mol. The van der Waals surface area contributed by atoms with Gasteiger partial charge in [-0.3, -0.25) is 0 Å². The Balaban J connectivity index is 1.16. The second kappa shape index (κ2) is 15.5. The number of ether oxygens (including phenoxy) is 5. The number of rotatable bonds is 13. The molecule has 5 heteroatoms. The molecule has 246 valence electrons. The maximum Gasteiger partial charge on any atom is 0.161 e. The normalized spacial score (nSPS) is 15.0. The van der Waals surface area contributed by atoms with Crippen molar-refractivity contribution in [3.63, 3.8) is 0 Å². The third-order valence-corrected chi connectivity index (χ3v) is 8.80. The lowest BCUT2D eigenvalue weighted by atomic mass is 9.85. The molecule has 5 nitrogen and oxygen atoms in total. The van der Waals surface area contributed by atoms with E-state index in [4.69, 9.17) is 23.7 Å². The zero-order valence-corrected chi connectivity index (χ0v) is 27.7. The molecular weight excluding hydrogens is 608 g/mol. The summed E-state index contributed by atoms with van der Waals surface area (Å²) in [5, 5.41) is 0. The summed E-state index contributed by atoms with van der Waals surface area (Å²) >= 11 is 0. The standard InChI is InChI=1S/C44H40O5/c1-32-39(37-22-23-41(46-29-34-16-8-3-9-17-34)44(24-37)48-31-36-20-12-5-13-21-36)27-40-42(47-30-35-18-10-4-11-19-35)25-38(26-43(40)49-32)45-28-33-14-6-2-7-15-33/h2-26,32,39H,27-31H2,1H3/t32-,39+/m0/s1. The Hall–Kier alpha value is -5.68. The van der Waals surface area contributed by atoms with E-state index in [0.29, 0.717) is 43.7 Å². The summed E-state index contributed by atoms with van der Waals surface area (Å²) in [5.41, 5.74) is 6.54. The third kappa shape index (κ3) is 8.25.